The Labute approximate surface area is 122 Å². The van der Waals surface area contributed by atoms with Crippen LogP contribution in [0.1, 0.15) is 18.5 Å². The third-order valence-corrected chi connectivity index (χ3v) is 3.24. The second kappa shape index (κ2) is 6.08. The summed E-state index contributed by atoms with van der Waals surface area (Å²) in [4.78, 5) is 8.36. The molecule has 0 aliphatic rings. The molecule has 0 radical (unpaired) electrons. The zero-order chi connectivity index (χ0) is 13.8. The molecule has 2 rings (SSSR count). The first-order valence-electron chi connectivity index (χ1n) is 5.82. The second-order valence-electron chi connectivity index (χ2n) is 4.05. The van der Waals surface area contributed by atoms with Crippen molar-refractivity contribution in [2.24, 2.45) is 0 Å². The maximum Gasteiger partial charge on any atom is 0.224 e. The van der Waals surface area contributed by atoms with Crippen LogP contribution in [0.4, 0.5) is 11.8 Å². The highest BCUT2D eigenvalue weighted by Crippen LogP contribution is 2.28. The van der Waals surface area contributed by atoms with Gasteiger partial charge < -0.3 is 10.6 Å². The molecule has 1 atom stereocenters. The summed E-state index contributed by atoms with van der Waals surface area (Å²) >= 11 is 12.1. The number of aromatic nitrogens is 2. The Morgan fingerprint density at radius 3 is 2.68 bits per heavy atom. The molecule has 0 bridgehead atoms. The molecule has 0 spiro atoms. The van der Waals surface area contributed by atoms with Crippen LogP contribution in [0.5, 0.6) is 0 Å². The Bertz CT molecular complexity index is 574. The van der Waals surface area contributed by atoms with Crippen molar-refractivity contribution < 1.29 is 0 Å². The molecule has 100 valence electrons. The molecule has 1 heterocycles. The number of rotatable bonds is 4. The van der Waals surface area contributed by atoms with E-state index in [1.165, 1.54) is 0 Å². The summed E-state index contributed by atoms with van der Waals surface area (Å²) in [5.74, 6) is 1.30. The molecule has 0 fully saturated rings. The first kappa shape index (κ1) is 13.9. The topological polar surface area (TPSA) is 49.8 Å². The van der Waals surface area contributed by atoms with Gasteiger partial charge in [0, 0.05) is 23.3 Å². The van der Waals surface area contributed by atoms with E-state index in [0.29, 0.717) is 16.0 Å². The summed E-state index contributed by atoms with van der Waals surface area (Å²) in [7, 11) is 1.78. The van der Waals surface area contributed by atoms with Crippen LogP contribution in [0, 0.1) is 0 Å². The maximum atomic E-state index is 6.18. The van der Waals surface area contributed by atoms with Crippen LogP contribution in [0.2, 0.25) is 10.0 Å². The van der Waals surface area contributed by atoms with Crippen LogP contribution < -0.4 is 10.6 Å². The first-order chi connectivity index (χ1) is 9.10. The fourth-order valence-electron chi connectivity index (χ4n) is 1.71. The number of nitrogens with zero attached hydrogens (tertiary/aromatic N) is 2. The summed E-state index contributed by atoms with van der Waals surface area (Å²) in [5, 5.41) is 7.43. The summed E-state index contributed by atoms with van der Waals surface area (Å²) in [5.41, 5.74) is 0.968. The number of hydrogen-bond acceptors (Lipinski definition) is 4. The van der Waals surface area contributed by atoms with Gasteiger partial charge >= 0.3 is 0 Å². The van der Waals surface area contributed by atoms with Crippen molar-refractivity contribution in [2.75, 3.05) is 17.7 Å². The minimum absolute atomic E-state index is 0.0179. The quantitative estimate of drug-likeness (QED) is 0.895. The molecule has 1 unspecified atom stereocenters. The van der Waals surface area contributed by atoms with Gasteiger partial charge in [0.1, 0.15) is 5.82 Å². The Morgan fingerprint density at radius 1 is 1.21 bits per heavy atom. The molecule has 0 aliphatic heterocycles. The average Bonchev–Trinajstić information content (AvgIpc) is 2.38. The number of nitrogens with one attached hydrogen (secondary N) is 2. The van der Waals surface area contributed by atoms with Crippen molar-refractivity contribution in [1.82, 2.24) is 9.97 Å². The molecule has 0 saturated heterocycles. The summed E-state index contributed by atoms with van der Waals surface area (Å²) in [6, 6.07) is 7.28. The largest absolute Gasteiger partial charge is 0.363 e. The van der Waals surface area contributed by atoms with E-state index in [1.54, 1.807) is 25.4 Å². The Hall–Kier alpha value is -1.52. The Morgan fingerprint density at radius 2 is 2.00 bits per heavy atom. The summed E-state index contributed by atoms with van der Waals surface area (Å²) in [6.45, 7) is 2.01. The fourth-order valence-corrected chi connectivity index (χ4v) is 2.28. The van der Waals surface area contributed by atoms with Crippen LogP contribution in [0.15, 0.2) is 30.5 Å². The standard InChI is InChI=1S/C13H14Cl2N4/c1-8(10-4-3-9(14)7-11(10)15)18-12-5-6-17-13(16-2)19-12/h3-8H,1-2H3,(H2,16,17,18,19). The zero-order valence-electron chi connectivity index (χ0n) is 10.6. The lowest BCUT2D eigenvalue weighted by Crippen LogP contribution is -2.09. The summed E-state index contributed by atoms with van der Waals surface area (Å²) < 4.78 is 0. The lowest BCUT2D eigenvalue weighted by molar-refractivity contribution is 0.873. The van der Waals surface area contributed by atoms with Gasteiger partial charge in [-0.2, -0.15) is 4.98 Å². The van der Waals surface area contributed by atoms with Gasteiger partial charge in [-0.05, 0) is 30.7 Å². The molecule has 0 aliphatic carbocycles. The van der Waals surface area contributed by atoms with E-state index < -0.39 is 0 Å². The van der Waals surface area contributed by atoms with Crippen molar-refractivity contribution in [1.29, 1.82) is 0 Å². The smallest absolute Gasteiger partial charge is 0.224 e. The van der Waals surface area contributed by atoms with Crippen LogP contribution in [-0.2, 0) is 0 Å². The van der Waals surface area contributed by atoms with Gasteiger partial charge in [0.15, 0.2) is 0 Å². The molecule has 2 N–H and O–H groups in total. The normalized spacial score (nSPS) is 12.0. The van der Waals surface area contributed by atoms with E-state index >= 15 is 0 Å². The van der Waals surface area contributed by atoms with Crippen molar-refractivity contribution in [3.63, 3.8) is 0 Å². The van der Waals surface area contributed by atoms with Crippen LogP contribution >= 0.6 is 23.2 Å². The molecular formula is C13H14Cl2N4. The van der Waals surface area contributed by atoms with E-state index in [9.17, 15) is 0 Å². The molecule has 0 amide bonds. The van der Waals surface area contributed by atoms with E-state index in [0.717, 1.165) is 11.4 Å². The zero-order valence-corrected chi connectivity index (χ0v) is 12.1. The molecule has 1 aromatic carbocycles. The lowest BCUT2D eigenvalue weighted by atomic mass is 10.1. The minimum Gasteiger partial charge on any atom is -0.363 e. The average molecular weight is 297 g/mol. The van der Waals surface area contributed by atoms with Crippen molar-refractivity contribution in [2.45, 2.75) is 13.0 Å². The van der Waals surface area contributed by atoms with Crippen molar-refractivity contribution in [3.8, 4) is 0 Å². The van der Waals surface area contributed by atoms with Gasteiger partial charge in [-0.3, -0.25) is 0 Å². The molecular weight excluding hydrogens is 283 g/mol. The third kappa shape index (κ3) is 3.49. The third-order valence-electron chi connectivity index (χ3n) is 2.67. The Balaban J connectivity index is 2.17. The molecule has 1 aromatic heterocycles. The van der Waals surface area contributed by atoms with Crippen molar-refractivity contribution in [3.05, 3.63) is 46.1 Å². The van der Waals surface area contributed by atoms with Crippen LogP contribution in [0.25, 0.3) is 0 Å². The molecule has 4 nitrogen and oxygen atoms in total. The van der Waals surface area contributed by atoms with E-state index in [2.05, 4.69) is 20.6 Å². The highest BCUT2D eigenvalue weighted by Gasteiger charge is 2.10. The van der Waals surface area contributed by atoms with E-state index in [4.69, 9.17) is 23.2 Å². The number of anilines is 2. The van der Waals surface area contributed by atoms with Gasteiger partial charge in [-0.15, -0.1) is 0 Å². The SMILES string of the molecule is CNc1nccc(NC(C)c2ccc(Cl)cc2Cl)n1. The number of halogens is 2. The van der Waals surface area contributed by atoms with Gasteiger partial charge in [0.2, 0.25) is 5.95 Å². The predicted molar refractivity (Wildman–Crippen MR) is 80.1 cm³/mol. The van der Waals surface area contributed by atoms with E-state index in [1.807, 2.05) is 19.1 Å². The lowest BCUT2D eigenvalue weighted by Gasteiger charge is -2.16. The van der Waals surface area contributed by atoms with Gasteiger partial charge in [-0.25, -0.2) is 4.98 Å². The highest BCUT2D eigenvalue weighted by molar-refractivity contribution is 6.35. The van der Waals surface area contributed by atoms with Crippen LogP contribution in [0.3, 0.4) is 0 Å². The van der Waals surface area contributed by atoms with Gasteiger partial charge in [0.05, 0.1) is 6.04 Å². The van der Waals surface area contributed by atoms with Crippen LogP contribution in [-0.4, -0.2) is 17.0 Å². The van der Waals surface area contributed by atoms with E-state index in [-0.39, 0.29) is 6.04 Å². The molecule has 19 heavy (non-hydrogen) atoms. The molecule has 2 aromatic rings. The maximum absolute atomic E-state index is 6.18. The fraction of sp³-hybridized carbons (Fsp3) is 0.231. The predicted octanol–water partition coefficient (Wildman–Crippen LogP) is 4.00. The minimum atomic E-state index is 0.0179. The summed E-state index contributed by atoms with van der Waals surface area (Å²) in [6.07, 6.45) is 1.69. The second-order valence-corrected chi connectivity index (χ2v) is 4.89. The molecule has 0 saturated carbocycles. The van der Waals surface area contributed by atoms with Crippen molar-refractivity contribution >= 4 is 35.0 Å². The highest BCUT2D eigenvalue weighted by atomic mass is 35.5. The number of benzene rings is 1. The molecule has 6 heteroatoms. The van der Waals surface area contributed by atoms with Gasteiger partial charge in [0.25, 0.3) is 0 Å². The number of hydrogen-bond donors (Lipinski definition) is 2. The monoisotopic (exact) mass is 296 g/mol. The first-order valence-corrected chi connectivity index (χ1v) is 6.58. The Kier molecular flexibility index (Phi) is 4.45. The van der Waals surface area contributed by atoms with Gasteiger partial charge in [-0.1, -0.05) is 29.3 Å².